The van der Waals surface area contributed by atoms with Crippen LogP contribution in [0.3, 0.4) is 0 Å². The number of nitrogens with zero attached hydrogens (tertiary/aromatic N) is 1. The molecule has 0 aromatic rings. The second-order valence-electron chi connectivity index (χ2n) is 3.74. The van der Waals surface area contributed by atoms with Gasteiger partial charge in [0.25, 0.3) is 0 Å². The van der Waals surface area contributed by atoms with Crippen molar-refractivity contribution in [2.75, 3.05) is 40.3 Å². The van der Waals surface area contributed by atoms with Crippen molar-refractivity contribution >= 4 is 5.91 Å². The van der Waals surface area contributed by atoms with Gasteiger partial charge in [0.15, 0.2) is 0 Å². The van der Waals surface area contributed by atoms with Crippen LogP contribution < -0.4 is 10.6 Å². The van der Waals surface area contributed by atoms with Crippen molar-refractivity contribution in [2.24, 2.45) is 0 Å². The molecule has 0 heterocycles. The van der Waals surface area contributed by atoms with Crippen molar-refractivity contribution < 1.29 is 4.79 Å². The number of hydrogen-bond acceptors (Lipinski definition) is 3. The first-order valence-corrected chi connectivity index (χ1v) is 5.23. The quantitative estimate of drug-likeness (QED) is 0.546. The highest BCUT2D eigenvalue weighted by Gasteiger charge is 1.92. The Balaban J connectivity index is 2.96. The largest absolute Gasteiger partial charge is 0.356 e. The molecule has 0 atom stereocenters. The van der Waals surface area contributed by atoms with Crippen LogP contribution in [0.15, 0.2) is 0 Å². The topological polar surface area (TPSA) is 44.4 Å². The number of hydrogen-bond donors (Lipinski definition) is 2. The summed E-state index contributed by atoms with van der Waals surface area (Å²) in [5, 5.41) is 6.10. The van der Waals surface area contributed by atoms with Gasteiger partial charge >= 0.3 is 0 Å². The van der Waals surface area contributed by atoms with Gasteiger partial charge in [0.05, 0.1) is 0 Å². The van der Waals surface area contributed by atoms with E-state index in [4.69, 9.17) is 0 Å². The lowest BCUT2D eigenvalue weighted by molar-refractivity contribution is -0.118. The van der Waals surface area contributed by atoms with Gasteiger partial charge in [0, 0.05) is 13.5 Å². The van der Waals surface area contributed by atoms with Crippen LogP contribution in [0, 0.1) is 0 Å². The number of carbonyl (C=O) groups is 1. The fourth-order valence-corrected chi connectivity index (χ4v) is 1.12. The molecule has 4 heteroatoms. The van der Waals surface area contributed by atoms with Gasteiger partial charge in [-0.05, 0) is 46.6 Å². The van der Waals surface area contributed by atoms with Crippen LogP contribution in [0.25, 0.3) is 0 Å². The summed E-state index contributed by atoms with van der Waals surface area (Å²) in [6.45, 7) is 5.48. The van der Waals surface area contributed by atoms with Gasteiger partial charge in [0.1, 0.15) is 0 Å². The number of carbonyl (C=O) groups excluding carboxylic acids is 1. The Morgan fingerprint density at radius 3 is 2.36 bits per heavy atom. The molecule has 84 valence electrons. The molecule has 14 heavy (non-hydrogen) atoms. The van der Waals surface area contributed by atoms with Crippen molar-refractivity contribution in [3.05, 3.63) is 0 Å². The van der Waals surface area contributed by atoms with E-state index in [-0.39, 0.29) is 5.91 Å². The Hall–Kier alpha value is -0.610. The summed E-state index contributed by atoms with van der Waals surface area (Å²) in [5.74, 6) is 0.0533. The SMILES string of the molecule is CC(=O)NCCCNCCCN(C)C. The van der Waals surface area contributed by atoms with Crippen molar-refractivity contribution in [3.8, 4) is 0 Å². The summed E-state index contributed by atoms with van der Waals surface area (Å²) >= 11 is 0. The van der Waals surface area contributed by atoms with Crippen LogP contribution in [0.4, 0.5) is 0 Å². The molecule has 0 saturated heterocycles. The van der Waals surface area contributed by atoms with Crippen LogP contribution in [0.5, 0.6) is 0 Å². The third-order valence-corrected chi connectivity index (χ3v) is 1.86. The molecule has 2 N–H and O–H groups in total. The van der Waals surface area contributed by atoms with E-state index >= 15 is 0 Å². The van der Waals surface area contributed by atoms with E-state index in [0.717, 1.165) is 32.6 Å². The molecule has 0 bridgehead atoms. The highest BCUT2D eigenvalue weighted by Crippen LogP contribution is 1.81. The van der Waals surface area contributed by atoms with Crippen LogP contribution in [0.1, 0.15) is 19.8 Å². The monoisotopic (exact) mass is 201 g/mol. The summed E-state index contributed by atoms with van der Waals surface area (Å²) in [4.78, 5) is 12.7. The molecule has 0 fully saturated rings. The standard InChI is InChI=1S/C10H23N3O/c1-10(14)12-8-4-6-11-7-5-9-13(2)3/h11H,4-9H2,1-3H3,(H,12,14). The number of rotatable bonds is 8. The Morgan fingerprint density at radius 2 is 1.79 bits per heavy atom. The van der Waals surface area contributed by atoms with Crippen LogP contribution in [-0.2, 0) is 4.79 Å². The first-order valence-electron chi connectivity index (χ1n) is 5.23. The maximum atomic E-state index is 10.5. The molecular weight excluding hydrogens is 178 g/mol. The van der Waals surface area contributed by atoms with Gasteiger partial charge in [-0.25, -0.2) is 0 Å². The normalized spacial score (nSPS) is 10.6. The summed E-state index contributed by atoms with van der Waals surface area (Å²) in [5.41, 5.74) is 0. The zero-order chi connectivity index (χ0) is 10.8. The lowest BCUT2D eigenvalue weighted by atomic mass is 10.3. The van der Waals surface area contributed by atoms with Crippen LogP contribution in [-0.4, -0.2) is 51.1 Å². The average Bonchev–Trinajstić information content (AvgIpc) is 2.08. The zero-order valence-electron chi connectivity index (χ0n) is 9.60. The number of nitrogens with one attached hydrogen (secondary N) is 2. The molecule has 0 aromatic carbocycles. The van der Waals surface area contributed by atoms with Gasteiger partial charge in [-0.3, -0.25) is 4.79 Å². The summed E-state index contributed by atoms with van der Waals surface area (Å²) in [6, 6.07) is 0. The Labute approximate surface area is 87.0 Å². The highest BCUT2D eigenvalue weighted by atomic mass is 16.1. The predicted octanol–water partition coefficient (Wildman–Crippen LogP) is 0.0539. The Bertz CT molecular complexity index is 148. The van der Waals surface area contributed by atoms with Gasteiger partial charge in [-0.15, -0.1) is 0 Å². The van der Waals surface area contributed by atoms with E-state index in [0.29, 0.717) is 0 Å². The molecule has 0 unspecified atom stereocenters. The molecule has 0 saturated carbocycles. The highest BCUT2D eigenvalue weighted by molar-refractivity contribution is 5.72. The molecule has 0 spiro atoms. The minimum Gasteiger partial charge on any atom is -0.356 e. The zero-order valence-corrected chi connectivity index (χ0v) is 9.60. The predicted molar refractivity (Wildman–Crippen MR) is 59.3 cm³/mol. The maximum Gasteiger partial charge on any atom is 0.216 e. The van der Waals surface area contributed by atoms with Gasteiger partial charge in [-0.2, -0.15) is 0 Å². The smallest absolute Gasteiger partial charge is 0.216 e. The first-order chi connectivity index (χ1) is 6.63. The van der Waals surface area contributed by atoms with E-state index in [2.05, 4.69) is 29.6 Å². The maximum absolute atomic E-state index is 10.5. The molecule has 0 aliphatic rings. The molecule has 0 aromatic heterocycles. The fourth-order valence-electron chi connectivity index (χ4n) is 1.12. The summed E-state index contributed by atoms with van der Waals surface area (Å²) in [7, 11) is 4.16. The van der Waals surface area contributed by atoms with E-state index < -0.39 is 0 Å². The lowest BCUT2D eigenvalue weighted by Gasteiger charge is -2.09. The fraction of sp³-hybridized carbons (Fsp3) is 0.900. The number of amides is 1. The molecule has 0 rings (SSSR count). The van der Waals surface area contributed by atoms with E-state index in [1.165, 1.54) is 6.42 Å². The van der Waals surface area contributed by atoms with Crippen molar-refractivity contribution in [1.82, 2.24) is 15.5 Å². The van der Waals surface area contributed by atoms with Crippen molar-refractivity contribution in [3.63, 3.8) is 0 Å². The van der Waals surface area contributed by atoms with Gasteiger partial charge < -0.3 is 15.5 Å². The third-order valence-electron chi connectivity index (χ3n) is 1.86. The summed E-state index contributed by atoms with van der Waals surface area (Å²) < 4.78 is 0. The molecular formula is C10H23N3O. The molecule has 0 aliphatic heterocycles. The van der Waals surface area contributed by atoms with Crippen LogP contribution in [0.2, 0.25) is 0 Å². The van der Waals surface area contributed by atoms with Crippen molar-refractivity contribution in [1.29, 1.82) is 0 Å². The van der Waals surface area contributed by atoms with Gasteiger partial charge in [-0.1, -0.05) is 0 Å². The van der Waals surface area contributed by atoms with Crippen LogP contribution >= 0.6 is 0 Å². The van der Waals surface area contributed by atoms with E-state index in [9.17, 15) is 4.79 Å². The molecule has 4 nitrogen and oxygen atoms in total. The second kappa shape index (κ2) is 8.97. The van der Waals surface area contributed by atoms with E-state index in [1.807, 2.05) is 0 Å². The molecule has 0 radical (unpaired) electrons. The summed E-state index contributed by atoms with van der Waals surface area (Å²) in [6.07, 6.45) is 2.18. The Morgan fingerprint density at radius 1 is 1.14 bits per heavy atom. The second-order valence-corrected chi connectivity index (χ2v) is 3.74. The molecule has 0 aliphatic carbocycles. The first kappa shape index (κ1) is 13.4. The van der Waals surface area contributed by atoms with Crippen molar-refractivity contribution in [2.45, 2.75) is 19.8 Å². The molecule has 1 amide bonds. The van der Waals surface area contributed by atoms with E-state index in [1.54, 1.807) is 6.92 Å². The third kappa shape index (κ3) is 11.4. The average molecular weight is 201 g/mol. The minimum atomic E-state index is 0.0533. The lowest BCUT2D eigenvalue weighted by Crippen LogP contribution is -2.26. The Kier molecular flexibility index (Phi) is 8.57. The minimum absolute atomic E-state index is 0.0533. The van der Waals surface area contributed by atoms with Gasteiger partial charge in [0.2, 0.25) is 5.91 Å².